The highest BCUT2D eigenvalue weighted by molar-refractivity contribution is 6.13. The molecule has 0 radical (unpaired) electrons. The third-order valence-electron chi connectivity index (χ3n) is 5.81. The third kappa shape index (κ3) is 10.1. The first-order valence-corrected chi connectivity index (χ1v) is 11.6. The summed E-state index contributed by atoms with van der Waals surface area (Å²) in [6.45, 7) is 6.27. The molecule has 0 saturated heterocycles. The van der Waals surface area contributed by atoms with Crippen LogP contribution in [0.15, 0.2) is 12.2 Å². The summed E-state index contributed by atoms with van der Waals surface area (Å²) in [6.07, 6.45) is 24.0. The van der Waals surface area contributed by atoms with Gasteiger partial charge in [0.25, 0.3) is 11.8 Å². The van der Waals surface area contributed by atoms with Crippen LogP contribution in [0.3, 0.4) is 0 Å². The van der Waals surface area contributed by atoms with Crippen molar-refractivity contribution in [1.82, 2.24) is 4.90 Å². The Morgan fingerprint density at radius 1 is 0.630 bits per heavy atom. The molecular formula is C24H43NO2. The Kier molecular flexibility index (Phi) is 12.4. The van der Waals surface area contributed by atoms with Crippen molar-refractivity contribution in [2.24, 2.45) is 0 Å². The van der Waals surface area contributed by atoms with E-state index in [-0.39, 0.29) is 17.4 Å². The molecular weight excluding hydrogens is 334 g/mol. The monoisotopic (exact) mass is 377 g/mol. The molecule has 0 aromatic carbocycles. The Labute approximate surface area is 168 Å². The van der Waals surface area contributed by atoms with Crippen LogP contribution in [0.25, 0.3) is 0 Å². The van der Waals surface area contributed by atoms with Gasteiger partial charge in [0.15, 0.2) is 0 Å². The van der Waals surface area contributed by atoms with Gasteiger partial charge in [-0.2, -0.15) is 0 Å². The smallest absolute Gasteiger partial charge is 0.254 e. The van der Waals surface area contributed by atoms with E-state index in [0.717, 1.165) is 12.8 Å². The van der Waals surface area contributed by atoms with E-state index in [2.05, 4.69) is 6.92 Å². The van der Waals surface area contributed by atoms with Gasteiger partial charge < -0.3 is 0 Å². The van der Waals surface area contributed by atoms with Crippen molar-refractivity contribution < 1.29 is 9.59 Å². The normalized spacial score (nSPS) is 14.6. The Hall–Kier alpha value is -1.12. The second-order valence-corrected chi connectivity index (χ2v) is 8.86. The van der Waals surface area contributed by atoms with Crippen molar-refractivity contribution >= 4 is 11.8 Å². The number of amides is 2. The van der Waals surface area contributed by atoms with Gasteiger partial charge >= 0.3 is 0 Å². The number of imide groups is 1. The maximum Gasteiger partial charge on any atom is 0.254 e. The molecule has 1 aliphatic heterocycles. The molecule has 3 heteroatoms. The molecule has 2 amide bonds. The van der Waals surface area contributed by atoms with Crippen molar-refractivity contribution in [3.05, 3.63) is 12.2 Å². The largest absolute Gasteiger partial charge is 0.270 e. The Morgan fingerprint density at radius 2 is 0.963 bits per heavy atom. The fourth-order valence-corrected chi connectivity index (χ4v) is 4.04. The molecule has 0 aromatic heterocycles. The lowest BCUT2D eigenvalue weighted by Gasteiger charge is -2.34. The zero-order valence-electron chi connectivity index (χ0n) is 18.2. The predicted octanol–water partition coefficient (Wildman–Crippen LogP) is 6.95. The van der Waals surface area contributed by atoms with E-state index < -0.39 is 0 Å². The van der Waals surface area contributed by atoms with Crippen LogP contribution in [0.2, 0.25) is 0 Å². The number of nitrogens with zero attached hydrogens (tertiary/aromatic N) is 1. The van der Waals surface area contributed by atoms with E-state index in [0.29, 0.717) is 0 Å². The van der Waals surface area contributed by atoms with Gasteiger partial charge in [0, 0.05) is 17.7 Å². The molecule has 156 valence electrons. The van der Waals surface area contributed by atoms with Gasteiger partial charge in [0.05, 0.1) is 0 Å². The van der Waals surface area contributed by atoms with E-state index in [1.165, 1.54) is 107 Å². The molecule has 0 spiro atoms. The van der Waals surface area contributed by atoms with Gasteiger partial charge in [-0.3, -0.25) is 14.5 Å². The second-order valence-electron chi connectivity index (χ2n) is 8.86. The predicted molar refractivity (Wildman–Crippen MR) is 115 cm³/mol. The summed E-state index contributed by atoms with van der Waals surface area (Å²) in [5.74, 6) is -0.322. The number of hydrogen-bond donors (Lipinski definition) is 0. The van der Waals surface area contributed by atoms with E-state index in [9.17, 15) is 9.59 Å². The molecule has 0 aromatic rings. The van der Waals surface area contributed by atoms with Gasteiger partial charge in [-0.15, -0.1) is 0 Å². The van der Waals surface area contributed by atoms with Crippen molar-refractivity contribution in [3.8, 4) is 0 Å². The zero-order chi connectivity index (χ0) is 20.0. The molecule has 0 fully saturated rings. The van der Waals surface area contributed by atoms with Gasteiger partial charge in [0.2, 0.25) is 0 Å². The van der Waals surface area contributed by atoms with Crippen LogP contribution < -0.4 is 0 Å². The summed E-state index contributed by atoms with van der Waals surface area (Å²) < 4.78 is 0. The first kappa shape index (κ1) is 23.9. The van der Waals surface area contributed by atoms with Gasteiger partial charge in [-0.05, 0) is 20.3 Å². The second kappa shape index (κ2) is 14.0. The van der Waals surface area contributed by atoms with Crippen LogP contribution in [0.4, 0.5) is 0 Å². The van der Waals surface area contributed by atoms with E-state index >= 15 is 0 Å². The summed E-state index contributed by atoms with van der Waals surface area (Å²) in [6, 6.07) is 0. The summed E-state index contributed by atoms with van der Waals surface area (Å²) in [4.78, 5) is 25.0. The average molecular weight is 378 g/mol. The quantitative estimate of drug-likeness (QED) is 0.203. The number of carbonyl (C=O) groups excluding carboxylic acids is 2. The third-order valence-corrected chi connectivity index (χ3v) is 5.81. The van der Waals surface area contributed by atoms with Gasteiger partial charge in [-0.1, -0.05) is 103 Å². The molecule has 1 rings (SSSR count). The Morgan fingerprint density at radius 3 is 1.33 bits per heavy atom. The SMILES string of the molecule is CCCCCCCCCCCCCCCCCC(C)(C)N1C(=O)C=CC1=O. The molecule has 0 N–H and O–H groups in total. The van der Waals surface area contributed by atoms with Crippen molar-refractivity contribution in [3.63, 3.8) is 0 Å². The van der Waals surface area contributed by atoms with Gasteiger partial charge in [0.1, 0.15) is 0 Å². The molecule has 0 bridgehead atoms. The lowest BCUT2D eigenvalue weighted by molar-refractivity contribution is -0.143. The minimum Gasteiger partial charge on any atom is -0.270 e. The van der Waals surface area contributed by atoms with Crippen LogP contribution >= 0.6 is 0 Å². The fourth-order valence-electron chi connectivity index (χ4n) is 4.04. The Balaban J connectivity index is 1.89. The van der Waals surface area contributed by atoms with Crippen LogP contribution in [0.5, 0.6) is 0 Å². The average Bonchev–Trinajstić information content (AvgIpc) is 2.97. The molecule has 27 heavy (non-hydrogen) atoms. The van der Waals surface area contributed by atoms with Gasteiger partial charge in [-0.25, -0.2) is 0 Å². The first-order valence-electron chi connectivity index (χ1n) is 11.6. The molecule has 1 heterocycles. The Bertz CT molecular complexity index is 435. The molecule has 0 atom stereocenters. The summed E-state index contributed by atoms with van der Waals surface area (Å²) in [7, 11) is 0. The number of hydrogen-bond acceptors (Lipinski definition) is 2. The summed E-state index contributed by atoms with van der Waals surface area (Å²) >= 11 is 0. The van der Waals surface area contributed by atoms with E-state index in [1.54, 1.807) is 0 Å². The zero-order valence-corrected chi connectivity index (χ0v) is 18.2. The standard InChI is InChI=1S/C24H43NO2/c1-4-5-6-7-8-9-10-11-12-13-14-15-16-17-18-21-24(2,3)25-22(26)19-20-23(25)27/h19-20H,4-18,21H2,1-3H3. The number of carbonyl (C=O) groups is 2. The topological polar surface area (TPSA) is 37.4 Å². The molecule has 0 aliphatic carbocycles. The van der Waals surface area contributed by atoms with Crippen LogP contribution in [-0.2, 0) is 9.59 Å². The highest BCUT2D eigenvalue weighted by Gasteiger charge is 2.36. The van der Waals surface area contributed by atoms with Crippen LogP contribution in [-0.4, -0.2) is 22.3 Å². The summed E-state index contributed by atoms with van der Waals surface area (Å²) in [5.41, 5.74) is -0.367. The van der Waals surface area contributed by atoms with Crippen molar-refractivity contribution in [2.75, 3.05) is 0 Å². The number of unbranched alkanes of at least 4 members (excludes halogenated alkanes) is 14. The van der Waals surface area contributed by atoms with Crippen molar-refractivity contribution in [2.45, 2.75) is 129 Å². The molecule has 3 nitrogen and oxygen atoms in total. The van der Waals surface area contributed by atoms with E-state index in [4.69, 9.17) is 0 Å². The minimum absolute atomic E-state index is 0.161. The highest BCUT2D eigenvalue weighted by Crippen LogP contribution is 2.26. The van der Waals surface area contributed by atoms with Crippen LogP contribution in [0.1, 0.15) is 124 Å². The first-order chi connectivity index (χ1) is 13.0. The van der Waals surface area contributed by atoms with Crippen LogP contribution in [0, 0.1) is 0 Å². The minimum atomic E-state index is -0.367. The molecule has 1 aliphatic rings. The maximum absolute atomic E-state index is 11.8. The lowest BCUT2D eigenvalue weighted by atomic mass is 9.94. The number of rotatable bonds is 17. The molecule has 0 saturated carbocycles. The maximum atomic E-state index is 11.8. The summed E-state index contributed by atoms with van der Waals surface area (Å²) in [5, 5.41) is 0. The lowest BCUT2D eigenvalue weighted by Crippen LogP contribution is -2.47. The van der Waals surface area contributed by atoms with Crippen molar-refractivity contribution in [1.29, 1.82) is 0 Å². The van der Waals surface area contributed by atoms with E-state index in [1.807, 2.05) is 13.8 Å². The highest BCUT2D eigenvalue weighted by atomic mass is 16.2. The fraction of sp³-hybridized carbons (Fsp3) is 0.833. The molecule has 0 unspecified atom stereocenters.